The van der Waals surface area contributed by atoms with Crippen LogP contribution in [0.2, 0.25) is 0 Å². The number of halogens is 1. The van der Waals surface area contributed by atoms with Gasteiger partial charge in [0, 0.05) is 65.5 Å². The van der Waals surface area contributed by atoms with Crippen molar-refractivity contribution in [3.8, 4) is 0 Å². The van der Waals surface area contributed by atoms with Crippen LogP contribution in [0.3, 0.4) is 0 Å². The van der Waals surface area contributed by atoms with Crippen molar-refractivity contribution in [3.63, 3.8) is 0 Å². The smallest absolute Gasteiger partial charge is 0.241 e. The summed E-state index contributed by atoms with van der Waals surface area (Å²) in [7, 11) is 0. The van der Waals surface area contributed by atoms with E-state index in [0.717, 1.165) is 58.0 Å². The molecular formula is C30H41IN4O2. The third-order valence-electron chi connectivity index (χ3n) is 8.27. The van der Waals surface area contributed by atoms with E-state index in [9.17, 15) is 4.79 Å². The molecule has 2 saturated heterocycles. The van der Waals surface area contributed by atoms with Gasteiger partial charge in [-0.1, -0.05) is 38.1 Å². The van der Waals surface area contributed by atoms with Crippen molar-refractivity contribution in [2.45, 2.75) is 57.7 Å². The van der Waals surface area contributed by atoms with Crippen LogP contribution >= 0.6 is 22.6 Å². The summed E-state index contributed by atoms with van der Waals surface area (Å²) < 4.78 is 6.90. The molecule has 0 bridgehead atoms. The molecular weight excluding hydrogens is 575 g/mol. The molecule has 0 unspecified atom stereocenters. The second-order valence-electron chi connectivity index (χ2n) is 11.8. The van der Waals surface area contributed by atoms with Crippen molar-refractivity contribution in [2.24, 2.45) is 0 Å². The summed E-state index contributed by atoms with van der Waals surface area (Å²) >= 11 is 2.35. The van der Waals surface area contributed by atoms with Gasteiger partial charge in [0.15, 0.2) is 0 Å². The third kappa shape index (κ3) is 6.22. The van der Waals surface area contributed by atoms with Crippen molar-refractivity contribution in [2.75, 3.05) is 57.4 Å². The molecule has 7 heteroatoms. The predicted octanol–water partition coefficient (Wildman–Crippen LogP) is 3.89. The Labute approximate surface area is 235 Å². The maximum Gasteiger partial charge on any atom is 0.241 e. The van der Waals surface area contributed by atoms with Gasteiger partial charge in [0.25, 0.3) is 0 Å². The van der Waals surface area contributed by atoms with Gasteiger partial charge in [-0.25, -0.2) is 0 Å². The second kappa shape index (κ2) is 11.3. The maximum absolute atomic E-state index is 13.9. The number of amides is 1. The van der Waals surface area contributed by atoms with Crippen molar-refractivity contribution >= 4 is 34.2 Å². The van der Waals surface area contributed by atoms with E-state index in [-0.39, 0.29) is 11.3 Å². The van der Waals surface area contributed by atoms with Crippen LogP contribution in [0.1, 0.15) is 44.4 Å². The van der Waals surface area contributed by atoms with Gasteiger partial charge < -0.3 is 15.0 Å². The van der Waals surface area contributed by atoms with E-state index in [0.29, 0.717) is 24.7 Å². The van der Waals surface area contributed by atoms with Crippen LogP contribution in [0.25, 0.3) is 0 Å². The Bertz CT molecular complexity index is 1110. The first-order valence-corrected chi connectivity index (χ1v) is 14.7. The van der Waals surface area contributed by atoms with Crippen molar-refractivity contribution < 1.29 is 9.53 Å². The number of morpholine rings is 1. The fourth-order valence-corrected chi connectivity index (χ4v) is 6.44. The van der Waals surface area contributed by atoms with Crippen molar-refractivity contribution in [1.29, 1.82) is 0 Å². The topological polar surface area (TPSA) is 48.1 Å². The number of fused-ring (bicyclic) bond motifs is 1. The quantitative estimate of drug-likeness (QED) is 0.500. The molecule has 0 saturated carbocycles. The molecule has 0 spiro atoms. The van der Waals surface area contributed by atoms with E-state index >= 15 is 0 Å². The Kier molecular flexibility index (Phi) is 8.27. The van der Waals surface area contributed by atoms with Gasteiger partial charge in [-0.3, -0.25) is 14.6 Å². The normalized spacial score (nSPS) is 26.3. The number of anilines is 1. The van der Waals surface area contributed by atoms with E-state index in [1.807, 2.05) is 0 Å². The zero-order valence-electron chi connectivity index (χ0n) is 22.7. The number of hydrogen-bond donors (Lipinski definition) is 1. The molecule has 5 rings (SSSR count). The highest BCUT2D eigenvalue weighted by Crippen LogP contribution is 2.41. The highest BCUT2D eigenvalue weighted by Gasteiger charge is 2.39. The van der Waals surface area contributed by atoms with E-state index in [2.05, 4.69) is 113 Å². The lowest BCUT2D eigenvalue weighted by atomic mass is 9.86. The average Bonchev–Trinajstić information content (AvgIpc) is 3.14. The molecule has 0 aromatic heterocycles. The molecule has 37 heavy (non-hydrogen) atoms. The largest absolute Gasteiger partial charge is 0.379 e. The van der Waals surface area contributed by atoms with Crippen LogP contribution in [0.4, 0.5) is 5.69 Å². The minimum Gasteiger partial charge on any atom is -0.379 e. The molecule has 0 radical (unpaired) electrons. The standard InChI is InChI=1S/C30H41IN4O2/c1-21-16-34(26(15-32-21)17-33-11-12-37-19-22(33)2)18-29(36)35-20-30(3,4)27-10-7-24(14-28(27)35)13-23-5-8-25(31)9-6-23/h5-10,14,21-22,26,32H,11-13,15-20H2,1-4H3/t21-,22-,26-/m1/s1. The summed E-state index contributed by atoms with van der Waals surface area (Å²) in [6, 6.07) is 16.6. The molecule has 2 aromatic rings. The Morgan fingerprint density at radius 1 is 1.11 bits per heavy atom. The van der Waals surface area contributed by atoms with Crippen LogP contribution in [-0.4, -0.2) is 86.3 Å². The number of carbonyl (C=O) groups excluding carboxylic acids is 1. The van der Waals surface area contributed by atoms with Crippen LogP contribution in [0.5, 0.6) is 0 Å². The number of carbonyl (C=O) groups is 1. The van der Waals surface area contributed by atoms with Crippen LogP contribution in [0.15, 0.2) is 42.5 Å². The van der Waals surface area contributed by atoms with Crippen molar-refractivity contribution in [1.82, 2.24) is 15.1 Å². The summed E-state index contributed by atoms with van der Waals surface area (Å²) in [6.07, 6.45) is 0.877. The Morgan fingerprint density at radius 2 is 1.86 bits per heavy atom. The molecule has 3 aliphatic rings. The summed E-state index contributed by atoms with van der Waals surface area (Å²) in [5.74, 6) is 0.215. The van der Waals surface area contributed by atoms with Gasteiger partial charge in [-0.15, -0.1) is 0 Å². The van der Waals surface area contributed by atoms with Gasteiger partial charge >= 0.3 is 0 Å². The van der Waals surface area contributed by atoms with E-state index < -0.39 is 0 Å². The molecule has 2 aromatic carbocycles. The Balaban J connectivity index is 1.33. The number of ether oxygens (including phenoxy) is 1. The molecule has 6 nitrogen and oxygen atoms in total. The predicted molar refractivity (Wildman–Crippen MR) is 158 cm³/mol. The Morgan fingerprint density at radius 3 is 2.62 bits per heavy atom. The first kappa shape index (κ1) is 27.1. The third-order valence-corrected chi connectivity index (χ3v) is 8.99. The minimum absolute atomic E-state index is 0.0498. The first-order valence-electron chi connectivity index (χ1n) is 13.7. The monoisotopic (exact) mass is 616 g/mol. The fourth-order valence-electron chi connectivity index (χ4n) is 6.08. The number of piperazine rings is 1. The molecule has 3 aliphatic heterocycles. The van der Waals surface area contributed by atoms with Gasteiger partial charge in [0.05, 0.1) is 19.8 Å². The SMILES string of the molecule is C[C@@H]1CN(CC(=O)N2CC(C)(C)c3ccc(Cc4ccc(I)cc4)cc32)[C@@H](CN2CCOC[C@H]2C)CN1. The number of nitrogens with one attached hydrogen (secondary N) is 1. The zero-order valence-corrected chi connectivity index (χ0v) is 24.8. The number of hydrogen-bond acceptors (Lipinski definition) is 5. The minimum atomic E-state index is -0.0498. The summed E-state index contributed by atoms with van der Waals surface area (Å²) in [6.45, 7) is 15.5. The van der Waals surface area contributed by atoms with Crippen molar-refractivity contribution in [3.05, 3.63) is 62.7 Å². The molecule has 3 atom stereocenters. The van der Waals surface area contributed by atoms with E-state index in [4.69, 9.17) is 4.74 Å². The fraction of sp³-hybridized carbons (Fsp3) is 0.567. The van der Waals surface area contributed by atoms with Crippen LogP contribution < -0.4 is 10.2 Å². The number of rotatable bonds is 6. The van der Waals surface area contributed by atoms with Crippen LogP contribution in [0, 0.1) is 3.57 Å². The average molecular weight is 617 g/mol. The summed E-state index contributed by atoms with van der Waals surface area (Å²) in [5, 5.41) is 3.65. The van der Waals surface area contributed by atoms with Gasteiger partial charge in [-0.2, -0.15) is 0 Å². The zero-order chi connectivity index (χ0) is 26.2. The van der Waals surface area contributed by atoms with Gasteiger partial charge in [0.1, 0.15) is 0 Å². The molecule has 200 valence electrons. The molecule has 1 N–H and O–H groups in total. The lowest BCUT2D eigenvalue weighted by Crippen LogP contribution is -2.62. The lowest BCUT2D eigenvalue weighted by molar-refractivity contribution is -0.121. The highest BCUT2D eigenvalue weighted by molar-refractivity contribution is 14.1. The number of nitrogens with zero attached hydrogens (tertiary/aromatic N) is 3. The summed E-state index contributed by atoms with van der Waals surface area (Å²) in [5.41, 5.74) is 4.88. The molecule has 2 fully saturated rings. The number of benzene rings is 2. The molecule has 3 heterocycles. The molecule has 1 amide bonds. The highest BCUT2D eigenvalue weighted by atomic mass is 127. The molecule has 0 aliphatic carbocycles. The maximum atomic E-state index is 13.9. The van der Waals surface area contributed by atoms with E-state index in [1.54, 1.807) is 0 Å². The lowest BCUT2D eigenvalue weighted by Gasteiger charge is -2.43. The van der Waals surface area contributed by atoms with E-state index in [1.165, 1.54) is 20.3 Å². The van der Waals surface area contributed by atoms with Gasteiger partial charge in [0.2, 0.25) is 5.91 Å². The second-order valence-corrected chi connectivity index (χ2v) is 13.1. The van der Waals surface area contributed by atoms with Crippen LogP contribution in [-0.2, 0) is 21.4 Å². The van der Waals surface area contributed by atoms with Gasteiger partial charge in [-0.05, 0) is 77.7 Å². The first-order chi connectivity index (χ1) is 17.7. The Hall–Kier alpha value is -1.52. The summed E-state index contributed by atoms with van der Waals surface area (Å²) in [4.78, 5) is 20.9.